The molecule has 0 radical (unpaired) electrons. The Bertz CT molecular complexity index is 2060. The average Bonchev–Trinajstić information content (AvgIpc) is 3.03. The van der Waals surface area contributed by atoms with Crippen molar-refractivity contribution in [2.75, 3.05) is 21.5 Å². The molecule has 0 aliphatic heterocycles. The van der Waals surface area contributed by atoms with Gasteiger partial charge < -0.3 is 15.7 Å². The monoisotopic (exact) mass is 701 g/mol. The molecular weight excluding hydrogens is 671 g/mol. The first-order valence-corrected chi connectivity index (χ1v) is 15.4. The van der Waals surface area contributed by atoms with Gasteiger partial charge in [-0.05, 0) is 73.0 Å². The maximum absolute atomic E-state index is 12.8. The van der Waals surface area contributed by atoms with E-state index in [-0.39, 0.29) is 32.7 Å². The number of nitrogens with one attached hydrogen (secondary N) is 5. The number of anilines is 4. The molecule has 49 heavy (non-hydrogen) atoms. The predicted molar refractivity (Wildman–Crippen MR) is 190 cm³/mol. The van der Waals surface area contributed by atoms with Gasteiger partial charge in [-0.25, -0.2) is 4.79 Å². The number of hydrogen-bond acceptors (Lipinski definition) is 8. The number of Topliss-reactive ketones (excluding diaryl/α,β-unsaturated/α-hetero) is 2. The Hall–Kier alpha value is -5.85. The van der Waals surface area contributed by atoms with Crippen LogP contribution in [-0.2, 0) is 19.2 Å². The van der Waals surface area contributed by atoms with Crippen molar-refractivity contribution in [2.45, 2.75) is 27.7 Å². The zero-order chi connectivity index (χ0) is 35.8. The average molecular weight is 703 g/mol. The maximum atomic E-state index is 12.8. The van der Waals surface area contributed by atoms with Crippen molar-refractivity contribution in [3.63, 3.8) is 0 Å². The largest absolute Gasteiger partial charge is 0.478 e. The molecule has 0 aromatic heterocycles. The fraction of sp³-hybridized carbons (Fsp3) is 0.114. The summed E-state index contributed by atoms with van der Waals surface area (Å²) in [7, 11) is 0. The number of hydrazone groups is 2. The number of halogens is 2. The number of carboxylic acids is 1. The van der Waals surface area contributed by atoms with Gasteiger partial charge in [0.05, 0.1) is 27.0 Å². The Kier molecular flexibility index (Phi) is 11.6. The smallest absolute Gasteiger partial charge is 0.337 e. The third kappa shape index (κ3) is 9.15. The fourth-order valence-corrected chi connectivity index (χ4v) is 4.97. The summed E-state index contributed by atoms with van der Waals surface area (Å²) in [6, 6.07) is 21.2. The topological polar surface area (TPSA) is 180 Å². The highest BCUT2D eigenvalue weighted by Crippen LogP contribution is 2.32. The Morgan fingerprint density at radius 3 is 1.86 bits per heavy atom. The van der Waals surface area contributed by atoms with Crippen molar-refractivity contribution in [1.82, 2.24) is 0 Å². The highest BCUT2D eigenvalue weighted by molar-refractivity contribution is 6.67. The number of hydrazine groups is 1. The summed E-state index contributed by atoms with van der Waals surface area (Å²) in [4.78, 5) is 61.6. The van der Waals surface area contributed by atoms with Gasteiger partial charge in [-0.1, -0.05) is 65.2 Å². The zero-order valence-electron chi connectivity index (χ0n) is 26.7. The maximum Gasteiger partial charge on any atom is 0.337 e. The predicted octanol–water partition coefficient (Wildman–Crippen LogP) is 5.05. The van der Waals surface area contributed by atoms with Crippen LogP contribution in [0.25, 0.3) is 11.1 Å². The molecule has 4 rings (SSSR count). The molecule has 0 spiro atoms. The van der Waals surface area contributed by atoms with Crippen molar-refractivity contribution in [3.05, 3.63) is 106 Å². The molecule has 0 atom stereocenters. The minimum Gasteiger partial charge on any atom is -0.478 e. The number of rotatable bonds is 12. The van der Waals surface area contributed by atoms with Crippen LogP contribution in [0.1, 0.15) is 35.3 Å². The van der Waals surface area contributed by atoms with E-state index in [1.807, 2.05) is 26.0 Å². The van der Waals surface area contributed by atoms with Gasteiger partial charge in [0, 0.05) is 19.5 Å². The van der Waals surface area contributed by atoms with Gasteiger partial charge in [-0.2, -0.15) is 10.5 Å². The van der Waals surface area contributed by atoms with Crippen molar-refractivity contribution >= 4 is 86.7 Å². The number of amides is 2. The van der Waals surface area contributed by atoms with Crippen LogP contribution in [0.3, 0.4) is 0 Å². The lowest BCUT2D eigenvalue weighted by Gasteiger charge is -2.11. The summed E-state index contributed by atoms with van der Waals surface area (Å²) in [6.45, 7) is 6.19. The minimum atomic E-state index is -1.24. The number of ketones is 2. The fourth-order valence-electron chi connectivity index (χ4n) is 4.52. The number of nitrogens with zero attached hydrogens (tertiary/aromatic N) is 1. The molecule has 12 nitrogen and oxygen atoms in total. The lowest BCUT2D eigenvalue weighted by Crippen LogP contribution is -2.81. The van der Waals surface area contributed by atoms with E-state index in [0.717, 1.165) is 11.1 Å². The van der Waals surface area contributed by atoms with Gasteiger partial charge in [0.15, 0.2) is 11.5 Å². The van der Waals surface area contributed by atoms with Crippen molar-refractivity contribution in [1.29, 1.82) is 0 Å². The number of carbonyl (C=O) groups is 5. The first-order valence-electron chi connectivity index (χ1n) is 14.6. The van der Waals surface area contributed by atoms with Crippen LogP contribution in [0.5, 0.6) is 0 Å². The summed E-state index contributed by atoms with van der Waals surface area (Å²) in [6.07, 6.45) is 0. The number of aromatic carboxylic acids is 1. The van der Waals surface area contributed by atoms with Crippen LogP contribution >= 0.6 is 23.2 Å². The number of carbonyl (C=O) groups excluding carboxylic acids is 4. The molecule has 250 valence electrons. The second-order valence-corrected chi connectivity index (χ2v) is 11.6. The van der Waals surface area contributed by atoms with Gasteiger partial charge in [0.1, 0.15) is 5.69 Å². The minimum absolute atomic E-state index is 0.0209. The Balaban J connectivity index is 1.48. The number of hydrogen-bond donors (Lipinski definition) is 6. The van der Waals surface area contributed by atoms with Gasteiger partial charge in [0.2, 0.25) is 5.78 Å². The summed E-state index contributed by atoms with van der Waals surface area (Å²) >= 11 is 13.0. The highest BCUT2D eigenvalue weighted by Gasteiger charge is 2.26. The third-order valence-electron chi connectivity index (χ3n) is 7.05. The molecule has 0 aliphatic carbocycles. The molecule has 0 saturated carbocycles. The van der Waals surface area contributed by atoms with Crippen molar-refractivity contribution in [3.8, 4) is 11.1 Å². The second-order valence-electron chi connectivity index (χ2n) is 10.8. The standard InChI is InChI=1S/C35H30Cl2N6O6/c1-18-9-12-27(19(2)15-18)38-33(46)31(20(3)44)42-40-29-13-10-22(16-25(29)36)23-11-14-30(26(37)17-23)41-43-32(21(4)45)34(47)39-28-8-6-5-7-24(28)35(48)49/h5-17,40-41H,1-4H3,(H,38,46)(H,39,47)(H,48,49)/p+1/b42-31-,43-32?. The van der Waals surface area contributed by atoms with E-state index >= 15 is 0 Å². The summed E-state index contributed by atoms with van der Waals surface area (Å²) in [5.74, 6) is -3.93. The molecule has 4 aromatic carbocycles. The van der Waals surface area contributed by atoms with E-state index in [9.17, 15) is 29.1 Å². The van der Waals surface area contributed by atoms with E-state index in [2.05, 4.69) is 31.7 Å². The van der Waals surface area contributed by atoms with E-state index in [1.165, 1.54) is 32.0 Å². The molecular formula is C35H31Cl2N6O6+. The van der Waals surface area contributed by atoms with E-state index < -0.39 is 29.4 Å². The quantitative estimate of drug-likeness (QED) is 0.0675. The first kappa shape index (κ1) is 36.0. The zero-order valence-corrected chi connectivity index (χ0v) is 28.2. The van der Waals surface area contributed by atoms with Crippen molar-refractivity contribution < 1.29 is 34.2 Å². The molecule has 6 N–H and O–H groups in total. The van der Waals surface area contributed by atoms with Crippen LogP contribution < -0.4 is 26.6 Å². The van der Waals surface area contributed by atoms with Crippen LogP contribution in [0.15, 0.2) is 84.0 Å². The van der Waals surface area contributed by atoms with Gasteiger partial charge in [-0.15, -0.1) is 5.10 Å². The third-order valence-corrected chi connectivity index (χ3v) is 7.67. The van der Waals surface area contributed by atoms with Gasteiger partial charge >= 0.3 is 17.6 Å². The van der Waals surface area contributed by atoms with Gasteiger partial charge in [-0.3, -0.25) is 24.6 Å². The number of para-hydroxylation sites is 1. The SMILES string of the molecule is CC(=O)C(=[NH+]Nc1ccc(-c2ccc(N/N=C(/C(C)=O)C(=O)Nc3ccc(C)cc3C)c(Cl)c2)cc1Cl)C(=O)Nc1ccccc1C(=O)O. The van der Waals surface area contributed by atoms with Gasteiger partial charge in [0.25, 0.3) is 5.91 Å². The van der Waals surface area contributed by atoms with E-state index in [1.54, 1.807) is 48.5 Å². The molecule has 0 fully saturated rings. The number of carboxylic acid groups (broad SMARTS) is 1. The normalized spacial score (nSPS) is 11.4. The first-order chi connectivity index (χ1) is 23.2. The Morgan fingerprint density at radius 2 is 1.29 bits per heavy atom. The lowest BCUT2D eigenvalue weighted by molar-refractivity contribution is -0.417. The van der Waals surface area contributed by atoms with E-state index in [4.69, 9.17) is 23.2 Å². The van der Waals surface area contributed by atoms with Crippen LogP contribution in [0.4, 0.5) is 22.7 Å². The summed E-state index contributed by atoms with van der Waals surface area (Å²) in [5.41, 5.74) is 9.04. The molecule has 4 aromatic rings. The molecule has 14 heteroatoms. The van der Waals surface area contributed by atoms with Crippen molar-refractivity contribution in [2.24, 2.45) is 5.10 Å². The molecule has 0 aliphatic rings. The molecule has 0 unspecified atom stereocenters. The molecule has 0 saturated heterocycles. The number of aryl methyl sites for hydroxylation is 2. The second kappa shape index (κ2) is 15.8. The highest BCUT2D eigenvalue weighted by atomic mass is 35.5. The molecule has 0 bridgehead atoms. The van der Waals surface area contributed by atoms with Crippen LogP contribution in [0.2, 0.25) is 10.0 Å². The lowest BCUT2D eigenvalue weighted by atomic mass is 10.0. The summed E-state index contributed by atoms with van der Waals surface area (Å²) < 4.78 is 0. The van der Waals surface area contributed by atoms with Crippen LogP contribution in [0, 0.1) is 13.8 Å². The van der Waals surface area contributed by atoms with E-state index in [0.29, 0.717) is 28.2 Å². The molecule has 2 amide bonds. The Morgan fingerprint density at radius 1 is 0.694 bits per heavy atom. The van der Waals surface area contributed by atoms with Crippen LogP contribution in [-0.4, -0.2) is 45.9 Å². The Labute approximate surface area is 291 Å². The summed E-state index contributed by atoms with van der Waals surface area (Å²) in [5, 5.41) is 21.6. The number of benzene rings is 4. The molecule has 0 heterocycles.